The van der Waals surface area contributed by atoms with Gasteiger partial charge in [0.05, 0.1) is 5.69 Å². The summed E-state index contributed by atoms with van der Waals surface area (Å²) in [6, 6.07) is 9.06. The van der Waals surface area contributed by atoms with Crippen LogP contribution in [-0.4, -0.2) is 25.5 Å². The van der Waals surface area contributed by atoms with Crippen molar-refractivity contribution in [2.24, 2.45) is 0 Å². The molecule has 1 N–H and O–H groups in total. The molecule has 0 saturated carbocycles. The second-order valence-corrected chi connectivity index (χ2v) is 5.92. The molecule has 0 atom stereocenters. The monoisotopic (exact) mass is 399 g/mol. The predicted octanol–water partition coefficient (Wildman–Crippen LogP) is 4.66. The van der Waals surface area contributed by atoms with E-state index in [1.807, 2.05) is 0 Å². The van der Waals surface area contributed by atoms with Gasteiger partial charge in [-0.15, -0.1) is 0 Å². The first kappa shape index (κ1) is 18.9. The molecular formula is C18H13ClF3NO4. The normalized spacial score (nSPS) is 13.0. The van der Waals surface area contributed by atoms with Crippen LogP contribution in [0.1, 0.15) is 5.56 Å². The number of halogens is 4. The summed E-state index contributed by atoms with van der Waals surface area (Å²) in [7, 11) is 0. The molecule has 0 aromatic heterocycles. The van der Waals surface area contributed by atoms with Crippen LogP contribution in [0.4, 0.5) is 18.9 Å². The molecule has 3 rings (SSSR count). The van der Waals surface area contributed by atoms with Gasteiger partial charge >= 0.3 is 6.18 Å². The highest BCUT2D eigenvalue weighted by Gasteiger charge is 2.29. The van der Waals surface area contributed by atoms with Gasteiger partial charge in [0.1, 0.15) is 5.75 Å². The van der Waals surface area contributed by atoms with Crippen molar-refractivity contribution in [3.63, 3.8) is 0 Å². The van der Waals surface area contributed by atoms with Gasteiger partial charge in [-0.1, -0.05) is 17.7 Å². The van der Waals surface area contributed by atoms with E-state index in [9.17, 15) is 18.0 Å². The van der Waals surface area contributed by atoms with E-state index in [0.717, 1.165) is 0 Å². The van der Waals surface area contributed by atoms with Crippen molar-refractivity contribution in [1.82, 2.24) is 0 Å². The third-order valence-corrected chi connectivity index (χ3v) is 3.65. The van der Waals surface area contributed by atoms with E-state index >= 15 is 0 Å². The zero-order valence-corrected chi connectivity index (χ0v) is 14.4. The molecule has 0 saturated heterocycles. The van der Waals surface area contributed by atoms with Crippen LogP contribution < -0.4 is 19.5 Å². The summed E-state index contributed by atoms with van der Waals surface area (Å²) in [5, 5.41) is 2.69. The van der Waals surface area contributed by atoms with Gasteiger partial charge in [0.25, 0.3) is 0 Å². The zero-order valence-electron chi connectivity index (χ0n) is 13.7. The maximum Gasteiger partial charge on any atom is 0.422 e. The minimum absolute atomic E-state index is 0.0343. The molecule has 1 aliphatic rings. The highest BCUT2D eigenvalue weighted by atomic mass is 35.5. The van der Waals surface area contributed by atoms with Gasteiger partial charge in [-0.3, -0.25) is 4.79 Å². The van der Waals surface area contributed by atoms with Crippen LogP contribution in [0.2, 0.25) is 5.02 Å². The summed E-state index contributed by atoms with van der Waals surface area (Å²) in [6.07, 6.45) is -1.75. The van der Waals surface area contributed by atoms with Crippen molar-refractivity contribution in [3.8, 4) is 17.2 Å². The Hall–Kier alpha value is -2.87. The van der Waals surface area contributed by atoms with Gasteiger partial charge in [0.2, 0.25) is 12.7 Å². The molecule has 0 unspecified atom stereocenters. The van der Waals surface area contributed by atoms with Crippen LogP contribution in [0, 0.1) is 0 Å². The number of nitrogens with one attached hydrogen (secondary N) is 1. The number of hydrogen-bond donors (Lipinski definition) is 1. The van der Waals surface area contributed by atoms with Crippen LogP contribution >= 0.6 is 11.6 Å². The number of amides is 1. The average molecular weight is 400 g/mol. The summed E-state index contributed by atoms with van der Waals surface area (Å²) in [5.41, 5.74) is 0.723. The number of rotatable bonds is 5. The van der Waals surface area contributed by atoms with Gasteiger partial charge < -0.3 is 19.5 Å². The van der Waals surface area contributed by atoms with Gasteiger partial charge in [0.15, 0.2) is 18.1 Å². The molecule has 27 heavy (non-hydrogen) atoms. The van der Waals surface area contributed by atoms with Crippen molar-refractivity contribution in [2.75, 3.05) is 18.7 Å². The first-order valence-corrected chi connectivity index (χ1v) is 8.06. The lowest BCUT2D eigenvalue weighted by Crippen LogP contribution is -2.20. The lowest BCUT2D eigenvalue weighted by Gasteiger charge is -2.13. The molecule has 1 amide bonds. The van der Waals surface area contributed by atoms with Gasteiger partial charge in [-0.05, 0) is 42.0 Å². The fraction of sp³-hybridized carbons (Fsp3) is 0.167. The van der Waals surface area contributed by atoms with Crippen molar-refractivity contribution in [1.29, 1.82) is 0 Å². The fourth-order valence-corrected chi connectivity index (χ4v) is 2.42. The lowest BCUT2D eigenvalue weighted by atomic mass is 10.2. The molecule has 0 fully saturated rings. The van der Waals surface area contributed by atoms with E-state index in [2.05, 4.69) is 5.32 Å². The topological polar surface area (TPSA) is 56.8 Å². The first-order valence-electron chi connectivity index (χ1n) is 7.68. The minimum Gasteiger partial charge on any atom is -0.482 e. The van der Waals surface area contributed by atoms with Crippen LogP contribution in [0.15, 0.2) is 42.5 Å². The minimum atomic E-state index is -4.50. The summed E-state index contributed by atoms with van der Waals surface area (Å²) >= 11 is 5.84. The van der Waals surface area contributed by atoms with Crippen LogP contribution in [0.5, 0.6) is 17.2 Å². The van der Waals surface area contributed by atoms with Gasteiger partial charge in [0, 0.05) is 11.1 Å². The summed E-state index contributed by atoms with van der Waals surface area (Å²) in [4.78, 5) is 12.1. The second kappa shape index (κ2) is 7.79. The van der Waals surface area contributed by atoms with E-state index in [1.165, 1.54) is 30.4 Å². The third kappa shape index (κ3) is 5.30. The van der Waals surface area contributed by atoms with Gasteiger partial charge in [-0.2, -0.15) is 13.2 Å². The first-order chi connectivity index (χ1) is 12.8. The number of benzene rings is 2. The van der Waals surface area contributed by atoms with Crippen LogP contribution in [0.25, 0.3) is 6.08 Å². The molecule has 9 heteroatoms. The quantitative estimate of drug-likeness (QED) is 0.743. The van der Waals surface area contributed by atoms with Crippen molar-refractivity contribution in [2.45, 2.75) is 6.18 Å². The summed E-state index contributed by atoms with van der Waals surface area (Å²) < 4.78 is 52.2. The molecular weight excluding hydrogens is 387 g/mol. The van der Waals surface area contributed by atoms with Gasteiger partial charge in [-0.25, -0.2) is 0 Å². The highest BCUT2D eigenvalue weighted by molar-refractivity contribution is 6.31. The number of hydrogen-bond acceptors (Lipinski definition) is 4. The Morgan fingerprint density at radius 3 is 2.74 bits per heavy atom. The van der Waals surface area contributed by atoms with Crippen molar-refractivity contribution >= 4 is 29.3 Å². The Bertz CT molecular complexity index is 883. The molecule has 1 aliphatic heterocycles. The molecule has 142 valence electrons. The molecule has 0 bridgehead atoms. The molecule has 1 heterocycles. The van der Waals surface area contributed by atoms with E-state index < -0.39 is 18.7 Å². The maximum absolute atomic E-state index is 12.3. The Morgan fingerprint density at radius 2 is 1.96 bits per heavy atom. The Labute approximate surface area is 157 Å². The second-order valence-electron chi connectivity index (χ2n) is 5.48. The smallest absolute Gasteiger partial charge is 0.422 e. The number of ether oxygens (including phenoxy) is 3. The molecule has 2 aromatic carbocycles. The standard InChI is InChI=1S/C18H13ClF3NO4/c19-12-3-5-14(25-9-18(20,21)22)13(8-12)23-17(24)6-2-11-1-4-15-16(7-11)27-10-26-15/h1-8H,9-10H2,(H,23,24)/b6-2+. The number of anilines is 1. The fourth-order valence-electron chi connectivity index (χ4n) is 2.25. The average Bonchev–Trinajstić information content (AvgIpc) is 3.06. The van der Waals surface area contributed by atoms with E-state index in [4.69, 9.17) is 25.8 Å². The molecule has 5 nitrogen and oxygen atoms in total. The van der Waals surface area contributed by atoms with Crippen LogP contribution in [-0.2, 0) is 4.79 Å². The SMILES string of the molecule is O=C(/C=C/c1ccc2c(c1)OCO2)Nc1cc(Cl)ccc1OCC(F)(F)F. The molecule has 0 radical (unpaired) electrons. The van der Waals surface area contributed by atoms with Crippen molar-refractivity contribution in [3.05, 3.63) is 53.1 Å². The maximum atomic E-state index is 12.3. The van der Waals surface area contributed by atoms with E-state index in [1.54, 1.807) is 18.2 Å². The highest BCUT2D eigenvalue weighted by Crippen LogP contribution is 2.33. The number of carbonyl (C=O) groups is 1. The van der Waals surface area contributed by atoms with E-state index in [-0.39, 0.29) is 23.3 Å². The Kier molecular flexibility index (Phi) is 5.46. The van der Waals surface area contributed by atoms with E-state index in [0.29, 0.717) is 17.1 Å². The number of carbonyl (C=O) groups excluding carboxylic acids is 1. The molecule has 0 spiro atoms. The summed E-state index contributed by atoms with van der Waals surface area (Å²) in [6.45, 7) is -1.34. The third-order valence-electron chi connectivity index (χ3n) is 3.41. The number of alkyl halides is 3. The number of fused-ring (bicyclic) bond motifs is 1. The summed E-state index contributed by atoms with van der Waals surface area (Å²) in [5.74, 6) is 0.477. The predicted molar refractivity (Wildman–Crippen MR) is 93.2 cm³/mol. The molecule has 2 aromatic rings. The Morgan fingerprint density at radius 1 is 1.19 bits per heavy atom. The van der Waals surface area contributed by atoms with Crippen molar-refractivity contribution < 1.29 is 32.2 Å². The lowest BCUT2D eigenvalue weighted by molar-refractivity contribution is -0.153. The largest absolute Gasteiger partial charge is 0.482 e. The van der Waals surface area contributed by atoms with Crippen LogP contribution in [0.3, 0.4) is 0 Å². The zero-order chi connectivity index (χ0) is 19.4. The Balaban J connectivity index is 1.69. The molecule has 0 aliphatic carbocycles.